The fourth-order valence-electron chi connectivity index (χ4n) is 0.857. The Morgan fingerprint density at radius 2 is 2.29 bits per heavy atom. The molecule has 0 aliphatic rings. The van der Waals surface area contributed by atoms with Gasteiger partial charge in [0.15, 0.2) is 0 Å². The van der Waals surface area contributed by atoms with Crippen LogP contribution in [0.25, 0.3) is 0 Å². The van der Waals surface area contributed by atoms with Gasteiger partial charge in [0.25, 0.3) is 5.91 Å². The molecule has 1 aromatic rings. The van der Waals surface area contributed by atoms with Crippen LogP contribution >= 0.6 is 11.3 Å². The standard InChI is InChI=1S/C8H11N3O2S/c9-11-7(12)3-4-10-8(13)6-2-1-5-14-6/h1-2,5H,3-4,9H2,(H,10,13)(H,11,12). The van der Waals surface area contributed by atoms with E-state index in [1.165, 1.54) is 11.3 Å². The fraction of sp³-hybridized carbons (Fsp3) is 0.250. The highest BCUT2D eigenvalue weighted by molar-refractivity contribution is 7.12. The van der Waals surface area contributed by atoms with Crippen LogP contribution in [0.3, 0.4) is 0 Å². The Hall–Kier alpha value is -1.40. The molecule has 0 fully saturated rings. The van der Waals surface area contributed by atoms with Crippen LogP contribution in [0.4, 0.5) is 0 Å². The molecule has 14 heavy (non-hydrogen) atoms. The van der Waals surface area contributed by atoms with Crippen molar-refractivity contribution in [1.29, 1.82) is 0 Å². The minimum Gasteiger partial charge on any atom is -0.351 e. The molecular weight excluding hydrogens is 202 g/mol. The molecule has 0 aliphatic carbocycles. The number of amides is 2. The first kappa shape index (κ1) is 10.7. The van der Waals surface area contributed by atoms with Gasteiger partial charge in [0.1, 0.15) is 0 Å². The first-order chi connectivity index (χ1) is 6.74. The first-order valence-electron chi connectivity index (χ1n) is 4.05. The highest BCUT2D eigenvalue weighted by Crippen LogP contribution is 2.07. The van der Waals surface area contributed by atoms with Crippen molar-refractivity contribution in [3.8, 4) is 0 Å². The van der Waals surface area contributed by atoms with Crippen molar-refractivity contribution in [2.75, 3.05) is 6.54 Å². The van der Waals surface area contributed by atoms with Crippen molar-refractivity contribution >= 4 is 23.2 Å². The highest BCUT2D eigenvalue weighted by Gasteiger charge is 2.05. The summed E-state index contributed by atoms with van der Waals surface area (Å²) in [6, 6.07) is 3.52. The second-order valence-electron chi connectivity index (χ2n) is 2.55. The monoisotopic (exact) mass is 213 g/mol. The third-order valence-electron chi connectivity index (χ3n) is 1.54. The SMILES string of the molecule is NNC(=O)CCNC(=O)c1cccs1. The van der Waals surface area contributed by atoms with Crippen LogP contribution in [0.5, 0.6) is 0 Å². The predicted molar refractivity (Wildman–Crippen MR) is 53.6 cm³/mol. The van der Waals surface area contributed by atoms with Gasteiger partial charge >= 0.3 is 0 Å². The van der Waals surface area contributed by atoms with E-state index in [0.29, 0.717) is 11.4 Å². The van der Waals surface area contributed by atoms with E-state index in [-0.39, 0.29) is 18.2 Å². The maximum absolute atomic E-state index is 11.3. The summed E-state index contributed by atoms with van der Waals surface area (Å²) in [4.78, 5) is 22.6. The summed E-state index contributed by atoms with van der Waals surface area (Å²) in [6.07, 6.45) is 0.188. The van der Waals surface area contributed by atoms with Gasteiger partial charge in [0.2, 0.25) is 5.91 Å². The molecule has 2 amide bonds. The van der Waals surface area contributed by atoms with E-state index in [2.05, 4.69) is 5.32 Å². The van der Waals surface area contributed by atoms with Crippen molar-refractivity contribution < 1.29 is 9.59 Å². The van der Waals surface area contributed by atoms with E-state index in [1.807, 2.05) is 10.8 Å². The number of carbonyl (C=O) groups is 2. The van der Waals surface area contributed by atoms with Crippen LogP contribution in [0.15, 0.2) is 17.5 Å². The average Bonchev–Trinajstić information content (AvgIpc) is 2.70. The lowest BCUT2D eigenvalue weighted by Gasteiger charge is -2.01. The Balaban J connectivity index is 2.26. The van der Waals surface area contributed by atoms with Crippen LogP contribution in [-0.4, -0.2) is 18.4 Å². The molecule has 1 aromatic heterocycles. The first-order valence-corrected chi connectivity index (χ1v) is 4.93. The predicted octanol–water partition coefficient (Wildman–Crippen LogP) is -0.142. The molecule has 0 spiro atoms. The summed E-state index contributed by atoms with van der Waals surface area (Å²) < 4.78 is 0. The second-order valence-corrected chi connectivity index (χ2v) is 3.50. The number of nitrogens with one attached hydrogen (secondary N) is 2. The molecule has 0 radical (unpaired) electrons. The molecule has 1 heterocycles. The molecule has 0 saturated carbocycles. The molecule has 0 saturated heterocycles. The van der Waals surface area contributed by atoms with E-state index >= 15 is 0 Å². The molecule has 0 atom stereocenters. The molecule has 0 bridgehead atoms. The maximum Gasteiger partial charge on any atom is 0.261 e. The number of hydrogen-bond acceptors (Lipinski definition) is 4. The Kier molecular flexibility index (Phi) is 4.09. The normalized spacial score (nSPS) is 9.50. The largest absolute Gasteiger partial charge is 0.351 e. The van der Waals surface area contributed by atoms with Crippen molar-refractivity contribution in [1.82, 2.24) is 10.7 Å². The highest BCUT2D eigenvalue weighted by atomic mass is 32.1. The van der Waals surface area contributed by atoms with Crippen LogP contribution in [0.1, 0.15) is 16.1 Å². The zero-order chi connectivity index (χ0) is 10.4. The van der Waals surface area contributed by atoms with Crippen LogP contribution in [0.2, 0.25) is 0 Å². The molecule has 4 N–H and O–H groups in total. The zero-order valence-electron chi connectivity index (χ0n) is 7.45. The summed E-state index contributed by atoms with van der Waals surface area (Å²) in [5, 5.41) is 4.43. The lowest BCUT2D eigenvalue weighted by Crippen LogP contribution is -2.34. The van der Waals surface area contributed by atoms with Gasteiger partial charge in [-0.2, -0.15) is 0 Å². The van der Waals surface area contributed by atoms with Gasteiger partial charge in [-0.3, -0.25) is 15.0 Å². The average molecular weight is 213 g/mol. The third-order valence-corrected chi connectivity index (χ3v) is 2.41. The molecule has 0 aromatic carbocycles. The van der Waals surface area contributed by atoms with E-state index in [4.69, 9.17) is 5.84 Å². The maximum atomic E-state index is 11.3. The van der Waals surface area contributed by atoms with Crippen molar-refractivity contribution in [2.24, 2.45) is 5.84 Å². The molecule has 76 valence electrons. The Morgan fingerprint density at radius 3 is 2.86 bits per heavy atom. The van der Waals surface area contributed by atoms with Crippen molar-refractivity contribution in [3.05, 3.63) is 22.4 Å². The number of nitrogens with two attached hydrogens (primary N) is 1. The van der Waals surface area contributed by atoms with E-state index < -0.39 is 0 Å². The van der Waals surface area contributed by atoms with Gasteiger partial charge < -0.3 is 5.32 Å². The van der Waals surface area contributed by atoms with E-state index in [1.54, 1.807) is 12.1 Å². The lowest BCUT2D eigenvalue weighted by atomic mass is 10.4. The topological polar surface area (TPSA) is 84.2 Å². The number of rotatable bonds is 4. The summed E-state index contributed by atoms with van der Waals surface area (Å²) in [5.74, 6) is 4.42. The summed E-state index contributed by atoms with van der Waals surface area (Å²) in [7, 11) is 0. The van der Waals surface area contributed by atoms with Crippen LogP contribution in [-0.2, 0) is 4.79 Å². The van der Waals surface area contributed by atoms with E-state index in [0.717, 1.165) is 0 Å². The van der Waals surface area contributed by atoms with Gasteiger partial charge in [0, 0.05) is 13.0 Å². The Bertz CT molecular complexity index is 310. The third kappa shape index (κ3) is 3.15. The molecule has 5 nitrogen and oxygen atoms in total. The number of thiophene rings is 1. The van der Waals surface area contributed by atoms with Gasteiger partial charge in [0.05, 0.1) is 4.88 Å². The number of carbonyl (C=O) groups excluding carboxylic acids is 2. The van der Waals surface area contributed by atoms with Crippen molar-refractivity contribution in [3.63, 3.8) is 0 Å². The minimum absolute atomic E-state index is 0.162. The molecular formula is C8H11N3O2S. The number of hydrazine groups is 1. The quantitative estimate of drug-likeness (QED) is 0.369. The minimum atomic E-state index is -0.295. The van der Waals surface area contributed by atoms with E-state index in [9.17, 15) is 9.59 Å². The van der Waals surface area contributed by atoms with Gasteiger partial charge in [-0.15, -0.1) is 11.3 Å². The molecule has 0 unspecified atom stereocenters. The zero-order valence-corrected chi connectivity index (χ0v) is 8.26. The van der Waals surface area contributed by atoms with Crippen molar-refractivity contribution in [2.45, 2.75) is 6.42 Å². The Labute approximate surface area is 85.3 Å². The van der Waals surface area contributed by atoms with Crippen LogP contribution in [0, 0.1) is 0 Å². The summed E-state index contributed by atoms with van der Waals surface area (Å²) in [5.41, 5.74) is 1.99. The smallest absolute Gasteiger partial charge is 0.261 e. The molecule has 0 aliphatic heterocycles. The molecule has 6 heteroatoms. The van der Waals surface area contributed by atoms with Gasteiger partial charge in [-0.1, -0.05) is 6.07 Å². The van der Waals surface area contributed by atoms with Gasteiger partial charge in [-0.05, 0) is 11.4 Å². The summed E-state index contributed by atoms with van der Waals surface area (Å²) in [6.45, 7) is 0.291. The second kappa shape index (κ2) is 5.36. The summed E-state index contributed by atoms with van der Waals surface area (Å²) >= 11 is 1.36. The Morgan fingerprint density at radius 1 is 1.50 bits per heavy atom. The lowest BCUT2D eigenvalue weighted by molar-refractivity contribution is -0.121. The van der Waals surface area contributed by atoms with Gasteiger partial charge in [-0.25, -0.2) is 5.84 Å². The fourth-order valence-corrected chi connectivity index (χ4v) is 1.50. The molecule has 1 rings (SSSR count). The number of hydrogen-bond donors (Lipinski definition) is 3. The van der Waals surface area contributed by atoms with Crippen LogP contribution < -0.4 is 16.6 Å².